The summed E-state index contributed by atoms with van der Waals surface area (Å²) in [7, 11) is 1.71. The predicted molar refractivity (Wildman–Crippen MR) is 72.6 cm³/mol. The van der Waals surface area contributed by atoms with E-state index >= 15 is 0 Å². The quantitative estimate of drug-likeness (QED) is 0.854. The van der Waals surface area contributed by atoms with Gasteiger partial charge in [0.1, 0.15) is 5.75 Å². The highest BCUT2D eigenvalue weighted by atomic mass is 16.5. The molecule has 2 nitrogen and oxygen atoms in total. The summed E-state index contributed by atoms with van der Waals surface area (Å²) in [5.41, 5.74) is 1.18. The second-order valence-corrected chi connectivity index (χ2v) is 5.38. The Morgan fingerprint density at radius 2 is 2.06 bits per heavy atom. The highest BCUT2D eigenvalue weighted by molar-refractivity contribution is 5.49. The van der Waals surface area contributed by atoms with Crippen LogP contribution in [0.2, 0.25) is 0 Å². The van der Waals surface area contributed by atoms with Crippen LogP contribution in [0, 0.1) is 11.8 Å². The maximum Gasteiger partial charge on any atom is 0.120 e. The highest BCUT2D eigenvalue weighted by Gasteiger charge is 2.25. The Morgan fingerprint density at radius 3 is 2.82 bits per heavy atom. The molecule has 1 aromatic carbocycles. The first kappa shape index (κ1) is 12.3. The molecular formula is C15H23NO. The monoisotopic (exact) mass is 233 g/mol. The van der Waals surface area contributed by atoms with Crippen molar-refractivity contribution in [2.75, 3.05) is 12.4 Å². The molecule has 1 fully saturated rings. The molecule has 94 valence electrons. The number of methoxy groups -OCH3 is 1. The maximum atomic E-state index is 5.25. The lowest BCUT2D eigenvalue weighted by Crippen LogP contribution is -2.33. The van der Waals surface area contributed by atoms with E-state index in [9.17, 15) is 0 Å². The fraction of sp³-hybridized carbons (Fsp3) is 0.600. The Hall–Kier alpha value is -1.18. The molecule has 0 saturated heterocycles. The largest absolute Gasteiger partial charge is 0.497 e. The molecule has 1 aliphatic rings. The average molecular weight is 233 g/mol. The molecule has 2 heteroatoms. The molecule has 1 aliphatic carbocycles. The van der Waals surface area contributed by atoms with E-state index in [1.807, 2.05) is 12.1 Å². The van der Waals surface area contributed by atoms with Crippen molar-refractivity contribution in [1.29, 1.82) is 0 Å². The SMILES string of the molecule is COc1cccc(NC2CC(C)CCC2C)c1. The van der Waals surface area contributed by atoms with Crippen molar-refractivity contribution in [1.82, 2.24) is 0 Å². The first-order valence-corrected chi connectivity index (χ1v) is 6.59. The van der Waals surface area contributed by atoms with Crippen molar-refractivity contribution in [2.24, 2.45) is 11.8 Å². The van der Waals surface area contributed by atoms with Gasteiger partial charge in [-0.3, -0.25) is 0 Å². The van der Waals surface area contributed by atoms with Crippen molar-refractivity contribution in [3.05, 3.63) is 24.3 Å². The van der Waals surface area contributed by atoms with Crippen molar-refractivity contribution >= 4 is 5.69 Å². The zero-order valence-corrected chi connectivity index (χ0v) is 11.1. The molecule has 0 aliphatic heterocycles. The van der Waals surface area contributed by atoms with Gasteiger partial charge in [0.2, 0.25) is 0 Å². The normalized spacial score (nSPS) is 28.8. The molecule has 1 saturated carbocycles. The lowest BCUT2D eigenvalue weighted by molar-refractivity contribution is 0.280. The summed E-state index contributed by atoms with van der Waals surface area (Å²) in [6, 6.07) is 8.82. The predicted octanol–water partition coefficient (Wildman–Crippen LogP) is 3.93. The summed E-state index contributed by atoms with van der Waals surface area (Å²) < 4.78 is 5.25. The number of hydrogen-bond donors (Lipinski definition) is 1. The molecule has 17 heavy (non-hydrogen) atoms. The summed E-state index contributed by atoms with van der Waals surface area (Å²) in [4.78, 5) is 0. The first-order chi connectivity index (χ1) is 8.19. The fourth-order valence-electron chi connectivity index (χ4n) is 2.66. The van der Waals surface area contributed by atoms with E-state index in [1.54, 1.807) is 7.11 Å². The van der Waals surface area contributed by atoms with E-state index in [0.29, 0.717) is 6.04 Å². The number of anilines is 1. The van der Waals surface area contributed by atoms with E-state index < -0.39 is 0 Å². The van der Waals surface area contributed by atoms with Gasteiger partial charge in [0.15, 0.2) is 0 Å². The van der Waals surface area contributed by atoms with Gasteiger partial charge >= 0.3 is 0 Å². The summed E-state index contributed by atoms with van der Waals surface area (Å²) in [6.07, 6.45) is 3.98. The van der Waals surface area contributed by atoms with Gasteiger partial charge in [-0.1, -0.05) is 26.3 Å². The van der Waals surface area contributed by atoms with Crippen LogP contribution in [0.1, 0.15) is 33.1 Å². The summed E-state index contributed by atoms with van der Waals surface area (Å²) in [5.74, 6) is 2.53. The molecule has 0 bridgehead atoms. The molecule has 0 heterocycles. The van der Waals surface area contributed by atoms with Gasteiger partial charge in [-0.05, 0) is 36.8 Å². The van der Waals surface area contributed by atoms with E-state index in [-0.39, 0.29) is 0 Å². The topological polar surface area (TPSA) is 21.3 Å². The summed E-state index contributed by atoms with van der Waals surface area (Å²) >= 11 is 0. The summed E-state index contributed by atoms with van der Waals surface area (Å²) in [5, 5.41) is 3.66. The van der Waals surface area contributed by atoms with Crippen LogP contribution in [-0.4, -0.2) is 13.2 Å². The molecule has 3 atom stereocenters. The van der Waals surface area contributed by atoms with Crippen molar-refractivity contribution in [3.63, 3.8) is 0 Å². The lowest BCUT2D eigenvalue weighted by atomic mass is 9.80. The number of benzene rings is 1. The van der Waals surface area contributed by atoms with Gasteiger partial charge in [-0.25, -0.2) is 0 Å². The van der Waals surface area contributed by atoms with Gasteiger partial charge in [0, 0.05) is 17.8 Å². The third-order valence-corrected chi connectivity index (χ3v) is 3.88. The van der Waals surface area contributed by atoms with Crippen LogP contribution in [-0.2, 0) is 0 Å². The molecule has 1 N–H and O–H groups in total. The Labute approximate surface area is 104 Å². The van der Waals surface area contributed by atoms with Crippen molar-refractivity contribution < 1.29 is 4.74 Å². The van der Waals surface area contributed by atoms with Crippen LogP contribution >= 0.6 is 0 Å². The van der Waals surface area contributed by atoms with Crippen LogP contribution in [0.25, 0.3) is 0 Å². The molecule has 1 aromatic rings. The maximum absolute atomic E-state index is 5.25. The number of nitrogens with one attached hydrogen (secondary N) is 1. The molecule has 0 aromatic heterocycles. The molecule has 0 amide bonds. The minimum atomic E-state index is 0.603. The molecular weight excluding hydrogens is 210 g/mol. The van der Waals surface area contributed by atoms with E-state index in [4.69, 9.17) is 4.74 Å². The number of rotatable bonds is 3. The van der Waals surface area contributed by atoms with Gasteiger partial charge in [-0.2, -0.15) is 0 Å². The van der Waals surface area contributed by atoms with E-state index in [1.165, 1.54) is 24.9 Å². The first-order valence-electron chi connectivity index (χ1n) is 6.59. The van der Waals surface area contributed by atoms with E-state index in [2.05, 4.69) is 31.3 Å². The Morgan fingerprint density at radius 1 is 1.24 bits per heavy atom. The van der Waals surface area contributed by atoms with Crippen LogP contribution < -0.4 is 10.1 Å². The minimum absolute atomic E-state index is 0.603. The van der Waals surface area contributed by atoms with Gasteiger partial charge in [0.25, 0.3) is 0 Å². The Balaban J connectivity index is 2.03. The highest BCUT2D eigenvalue weighted by Crippen LogP contribution is 2.31. The third kappa shape index (κ3) is 3.15. The molecule has 2 rings (SSSR count). The van der Waals surface area contributed by atoms with Crippen LogP contribution in [0.3, 0.4) is 0 Å². The van der Waals surface area contributed by atoms with Crippen LogP contribution in [0.4, 0.5) is 5.69 Å². The third-order valence-electron chi connectivity index (χ3n) is 3.88. The van der Waals surface area contributed by atoms with Gasteiger partial charge in [-0.15, -0.1) is 0 Å². The van der Waals surface area contributed by atoms with E-state index in [0.717, 1.165) is 17.6 Å². The summed E-state index contributed by atoms with van der Waals surface area (Å²) in [6.45, 7) is 4.70. The number of ether oxygens (including phenoxy) is 1. The van der Waals surface area contributed by atoms with Gasteiger partial charge in [0.05, 0.1) is 7.11 Å². The zero-order chi connectivity index (χ0) is 12.3. The Bertz CT molecular complexity index is 364. The average Bonchev–Trinajstić information content (AvgIpc) is 2.34. The molecule has 0 radical (unpaired) electrons. The molecule has 0 spiro atoms. The van der Waals surface area contributed by atoms with Crippen LogP contribution in [0.15, 0.2) is 24.3 Å². The molecule has 3 unspecified atom stereocenters. The second-order valence-electron chi connectivity index (χ2n) is 5.38. The Kier molecular flexibility index (Phi) is 3.93. The standard InChI is InChI=1S/C15H23NO/c1-11-7-8-12(2)15(9-11)16-13-5-4-6-14(10-13)17-3/h4-6,10-12,15-16H,7-9H2,1-3H3. The fourth-order valence-corrected chi connectivity index (χ4v) is 2.66. The lowest BCUT2D eigenvalue weighted by Gasteiger charge is -2.34. The van der Waals surface area contributed by atoms with Crippen molar-refractivity contribution in [2.45, 2.75) is 39.2 Å². The van der Waals surface area contributed by atoms with Gasteiger partial charge < -0.3 is 10.1 Å². The number of hydrogen-bond acceptors (Lipinski definition) is 2. The smallest absolute Gasteiger partial charge is 0.120 e. The van der Waals surface area contributed by atoms with Crippen LogP contribution in [0.5, 0.6) is 5.75 Å². The minimum Gasteiger partial charge on any atom is -0.497 e. The van der Waals surface area contributed by atoms with Crippen molar-refractivity contribution in [3.8, 4) is 5.75 Å². The second kappa shape index (κ2) is 5.44. The zero-order valence-electron chi connectivity index (χ0n) is 11.1.